The molecule has 0 spiro atoms. The molecule has 1 aliphatic carbocycles. The highest BCUT2D eigenvalue weighted by atomic mass is 16.5. The molecule has 3 aliphatic rings. The maximum Gasteiger partial charge on any atom is 0.233 e. The lowest BCUT2D eigenvalue weighted by Gasteiger charge is -2.26. The van der Waals surface area contributed by atoms with Crippen LogP contribution in [-0.2, 0) is 25.7 Å². The lowest BCUT2D eigenvalue weighted by Crippen LogP contribution is -2.35. The van der Waals surface area contributed by atoms with E-state index in [1.807, 2.05) is 36.4 Å². The molecule has 0 aromatic heterocycles. The van der Waals surface area contributed by atoms with E-state index < -0.39 is 0 Å². The van der Waals surface area contributed by atoms with Gasteiger partial charge < -0.3 is 10.1 Å². The molecule has 0 bridgehead atoms. The van der Waals surface area contributed by atoms with Gasteiger partial charge in [-0.25, -0.2) is 0 Å². The Labute approximate surface area is 170 Å². The van der Waals surface area contributed by atoms with Gasteiger partial charge in [0, 0.05) is 38.3 Å². The van der Waals surface area contributed by atoms with Crippen LogP contribution in [0.15, 0.2) is 36.4 Å². The highest BCUT2D eigenvalue weighted by Crippen LogP contribution is 2.35. The van der Waals surface area contributed by atoms with E-state index in [1.54, 1.807) is 0 Å². The van der Waals surface area contributed by atoms with Gasteiger partial charge in [0.15, 0.2) is 0 Å². The number of allylic oxidation sites excluding steroid dienone is 2. The Morgan fingerprint density at radius 1 is 1.00 bits per heavy atom. The fraction of sp³-hybridized carbons (Fsp3) is 0.500. The first-order valence-corrected chi connectivity index (χ1v) is 10.3. The SMILES string of the molecule is O=C(CCN1C(=O)[C@H]2CC=CC[C@H]2C1=O)Nc1ccc(CN2CCOCC2)cc1. The summed E-state index contributed by atoms with van der Waals surface area (Å²) in [4.78, 5) is 40.8. The van der Waals surface area contributed by atoms with E-state index >= 15 is 0 Å². The summed E-state index contributed by atoms with van der Waals surface area (Å²) >= 11 is 0. The Kier molecular flexibility index (Phi) is 6.06. The lowest BCUT2D eigenvalue weighted by molar-refractivity contribution is -0.140. The molecule has 3 amide bonds. The number of anilines is 1. The highest BCUT2D eigenvalue weighted by Gasteiger charge is 2.46. The Morgan fingerprint density at radius 3 is 2.24 bits per heavy atom. The van der Waals surface area contributed by atoms with Gasteiger partial charge in [0.2, 0.25) is 17.7 Å². The number of morpholine rings is 1. The maximum absolute atomic E-state index is 12.4. The Hall–Kier alpha value is -2.51. The highest BCUT2D eigenvalue weighted by molar-refractivity contribution is 6.05. The van der Waals surface area contributed by atoms with Crippen LogP contribution in [0.25, 0.3) is 0 Å². The first-order chi connectivity index (χ1) is 14.1. The van der Waals surface area contributed by atoms with Crippen LogP contribution in [0.1, 0.15) is 24.8 Å². The molecule has 0 saturated carbocycles. The summed E-state index contributed by atoms with van der Waals surface area (Å²) < 4.78 is 5.36. The lowest BCUT2D eigenvalue weighted by atomic mass is 9.85. The number of carbonyl (C=O) groups excluding carboxylic acids is 3. The van der Waals surface area contributed by atoms with Crippen LogP contribution in [0.4, 0.5) is 5.69 Å². The van der Waals surface area contributed by atoms with Gasteiger partial charge in [-0.1, -0.05) is 24.3 Å². The van der Waals surface area contributed by atoms with Crippen LogP contribution in [0.5, 0.6) is 0 Å². The van der Waals surface area contributed by atoms with Crippen molar-refractivity contribution in [2.45, 2.75) is 25.8 Å². The van der Waals surface area contributed by atoms with Gasteiger partial charge in [-0.2, -0.15) is 0 Å². The van der Waals surface area contributed by atoms with E-state index in [4.69, 9.17) is 4.74 Å². The molecule has 1 aromatic rings. The fourth-order valence-corrected chi connectivity index (χ4v) is 4.24. The minimum absolute atomic E-state index is 0.111. The number of hydrogen-bond acceptors (Lipinski definition) is 5. The predicted octanol–water partition coefficient (Wildman–Crippen LogP) is 1.80. The zero-order chi connectivity index (χ0) is 20.2. The van der Waals surface area contributed by atoms with Crippen LogP contribution < -0.4 is 5.32 Å². The number of nitrogens with zero attached hydrogens (tertiary/aromatic N) is 2. The molecule has 1 N–H and O–H groups in total. The third-order valence-corrected chi connectivity index (χ3v) is 5.91. The third-order valence-electron chi connectivity index (χ3n) is 5.91. The summed E-state index contributed by atoms with van der Waals surface area (Å²) in [6, 6.07) is 7.80. The number of carbonyl (C=O) groups is 3. The fourth-order valence-electron chi connectivity index (χ4n) is 4.24. The monoisotopic (exact) mass is 397 g/mol. The molecule has 7 heteroatoms. The van der Waals surface area contributed by atoms with Crippen LogP contribution in [0.2, 0.25) is 0 Å². The first kappa shape index (κ1) is 19.8. The molecule has 1 aromatic carbocycles. The zero-order valence-corrected chi connectivity index (χ0v) is 16.5. The molecular weight excluding hydrogens is 370 g/mol. The number of imide groups is 1. The molecule has 2 saturated heterocycles. The number of benzene rings is 1. The first-order valence-electron chi connectivity index (χ1n) is 10.3. The molecule has 154 valence electrons. The van der Waals surface area contributed by atoms with Crippen LogP contribution in [-0.4, -0.2) is 60.4 Å². The molecule has 2 fully saturated rings. The molecule has 2 heterocycles. The topological polar surface area (TPSA) is 79.0 Å². The number of fused-ring (bicyclic) bond motifs is 1. The standard InChI is InChI=1S/C22H27N3O4/c26-20(9-10-25-21(27)18-3-1-2-4-19(18)22(25)28)23-17-7-5-16(6-8-17)15-24-11-13-29-14-12-24/h1-2,5-8,18-19H,3-4,9-15H2,(H,23,26)/t18-,19+. The van der Waals surface area contributed by atoms with Crippen molar-refractivity contribution in [2.75, 3.05) is 38.2 Å². The van der Waals surface area contributed by atoms with Crippen LogP contribution in [0.3, 0.4) is 0 Å². The predicted molar refractivity (Wildman–Crippen MR) is 108 cm³/mol. The number of nitrogens with one attached hydrogen (secondary N) is 1. The van der Waals surface area contributed by atoms with Crippen LogP contribution >= 0.6 is 0 Å². The van der Waals surface area contributed by atoms with Gasteiger partial charge in [0.1, 0.15) is 0 Å². The smallest absolute Gasteiger partial charge is 0.233 e. The minimum Gasteiger partial charge on any atom is -0.379 e. The average molecular weight is 397 g/mol. The second kappa shape index (κ2) is 8.88. The second-order valence-electron chi connectivity index (χ2n) is 7.87. The normalized spacial score (nSPS) is 24.6. The van der Waals surface area contributed by atoms with E-state index in [-0.39, 0.29) is 42.5 Å². The molecular formula is C22H27N3O4. The molecule has 7 nitrogen and oxygen atoms in total. The van der Waals surface area contributed by atoms with Gasteiger partial charge in [-0.15, -0.1) is 0 Å². The zero-order valence-electron chi connectivity index (χ0n) is 16.5. The van der Waals surface area contributed by atoms with Gasteiger partial charge in [0.25, 0.3) is 0 Å². The van der Waals surface area contributed by atoms with Crippen molar-refractivity contribution in [3.05, 3.63) is 42.0 Å². The van der Waals surface area contributed by atoms with E-state index in [1.165, 1.54) is 10.5 Å². The number of likely N-dealkylation sites (tertiary alicyclic amines) is 1. The Balaban J connectivity index is 1.25. The van der Waals surface area contributed by atoms with Gasteiger partial charge in [0.05, 0.1) is 25.0 Å². The molecule has 2 aliphatic heterocycles. The maximum atomic E-state index is 12.4. The number of hydrogen-bond donors (Lipinski definition) is 1. The number of rotatable bonds is 6. The van der Waals surface area contributed by atoms with E-state index in [0.29, 0.717) is 12.8 Å². The van der Waals surface area contributed by atoms with Crippen molar-refractivity contribution >= 4 is 23.4 Å². The van der Waals surface area contributed by atoms with E-state index in [9.17, 15) is 14.4 Å². The molecule has 0 radical (unpaired) electrons. The molecule has 0 unspecified atom stereocenters. The molecule has 29 heavy (non-hydrogen) atoms. The minimum atomic E-state index is -0.241. The van der Waals surface area contributed by atoms with Crippen molar-refractivity contribution in [3.63, 3.8) is 0 Å². The Bertz CT molecular complexity index is 773. The van der Waals surface area contributed by atoms with Crippen molar-refractivity contribution in [1.29, 1.82) is 0 Å². The quantitative estimate of drug-likeness (QED) is 0.585. The van der Waals surface area contributed by atoms with Gasteiger partial charge in [-0.05, 0) is 30.5 Å². The van der Waals surface area contributed by atoms with Crippen molar-refractivity contribution < 1.29 is 19.1 Å². The number of ether oxygens (including phenoxy) is 1. The largest absolute Gasteiger partial charge is 0.379 e. The summed E-state index contributed by atoms with van der Waals surface area (Å²) in [6.07, 6.45) is 5.28. The number of amides is 3. The van der Waals surface area contributed by atoms with Crippen molar-refractivity contribution in [1.82, 2.24) is 9.80 Å². The summed E-state index contributed by atoms with van der Waals surface area (Å²) in [6.45, 7) is 4.43. The van der Waals surface area contributed by atoms with Gasteiger partial charge >= 0.3 is 0 Å². The van der Waals surface area contributed by atoms with E-state index in [2.05, 4.69) is 10.2 Å². The van der Waals surface area contributed by atoms with Crippen molar-refractivity contribution in [2.24, 2.45) is 11.8 Å². The summed E-state index contributed by atoms with van der Waals surface area (Å²) in [5, 5.41) is 2.85. The Morgan fingerprint density at radius 2 is 1.62 bits per heavy atom. The molecule has 2 atom stereocenters. The summed E-state index contributed by atoms with van der Waals surface area (Å²) in [7, 11) is 0. The second-order valence-corrected chi connectivity index (χ2v) is 7.87. The van der Waals surface area contributed by atoms with Gasteiger partial charge in [-0.3, -0.25) is 24.2 Å². The summed E-state index contributed by atoms with van der Waals surface area (Å²) in [5.41, 5.74) is 1.91. The third kappa shape index (κ3) is 4.57. The average Bonchev–Trinajstić information content (AvgIpc) is 2.99. The summed E-state index contributed by atoms with van der Waals surface area (Å²) in [5.74, 6) is -0.946. The van der Waals surface area contributed by atoms with Crippen molar-refractivity contribution in [3.8, 4) is 0 Å². The van der Waals surface area contributed by atoms with E-state index in [0.717, 1.165) is 38.5 Å². The van der Waals surface area contributed by atoms with Crippen LogP contribution in [0, 0.1) is 11.8 Å². The molecule has 4 rings (SSSR count).